The number of carbonyl (C=O) groups excluding carboxylic acids is 5. The molecule has 4 aliphatic rings. The Balaban J connectivity index is 0.671. The summed E-state index contributed by atoms with van der Waals surface area (Å²) in [5.74, 6) is 21.2. The highest BCUT2D eigenvalue weighted by Gasteiger charge is 2.57. The number of Topliss-reactive ketones (excluding diaryl/α,β-unsaturated/α-hetero) is 1. The predicted molar refractivity (Wildman–Crippen MR) is 274 cm³/mol. The molecule has 0 radical (unpaired) electrons. The number of piperidine rings is 1. The van der Waals surface area contributed by atoms with Crippen LogP contribution in [0.1, 0.15) is 62.7 Å². The molecule has 0 aliphatic carbocycles. The largest absolute Gasteiger partial charge is 0.466 e. The van der Waals surface area contributed by atoms with Crippen LogP contribution in [-0.2, 0) is 68.8 Å². The van der Waals surface area contributed by atoms with Crippen molar-refractivity contribution in [1.29, 1.82) is 0 Å². The second-order valence-corrected chi connectivity index (χ2v) is 17.7. The van der Waals surface area contributed by atoms with E-state index in [1.165, 1.54) is 0 Å². The van der Waals surface area contributed by atoms with Gasteiger partial charge in [-0.05, 0) is 70.6 Å². The molecule has 1 fully saturated rings. The lowest BCUT2D eigenvalue weighted by Gasteiger charge is -2.32. The summed E-state index contributed by atoms with van der Waals surface area (Å²) in [5, 5.41) is 5.61. The van der Waals surface area contributed by atoms with Crippen molar-refractivity contribution >= 4 is 35.3 Å². The molecule has 4 aliphatic heterocycles. The number of amides is 4. The summed E-state index contributed by atoms with van der Waals surface area (Å²) in [6.07, 6.45) is 0.567. The van der Waals surface area contributed by atoms with Crippen LogP contribution in [0.4, 0.5) is 0 Å². The number of hydrogen-bond acceptors (Lipinski definition) is 11. The first-order chi connectivity index (χ1) is 36.2. The zero-order chi connectivity index (χ0) is 51.5. The van der Waals surface area contributed by atoms with Crippen molar-refractivity contribution in [3.63, 3.8) is 0 Å². The molecular formula is C59H55N5O10. The molecule has 3 atom stereocenters. The predicted octanol–water partition coefficient (Wildman–Crippen LogP) is 4.28. The monoisotopic (exact) mass is 993 g/mol. The average Bonchev–Trinajstić information content (AvgIpc) is 3.95. The van der Waals surface area contributed by atoms with Gasteiger partial charge in [0.2, 0.25) is 17.7 Å². The number of fused-ring (bicyclic) bond motifs is 4. The first-order valence-electron chi connectivity index (χ1n) is 24.3. The molecule has 376 valence electrons. The van der Waals surface area contributed by atoms with Crippen LogP contribution in [0.3, 0.4) is 0 Å². The van der Waals surface area contributed by atoms with E-state index in [2.05, 4.69) is 64.6 Å². The fourth-order valence-electron chi connectivity index (χ4n) is 9.13. The molecule has 1 unspecified atom stereocenters. The Morgan fingerprint density at radius 2 is 1.45 bits per heavy atom. The number of ketones is 1. The Morgan fingerprint density at radius 1 is 0.770 bits per heavy atom. The number of nitrogens with zero attached hydrogens (tertiary/aromatic N) is 3. The zero-order valence-electron chi connectivity index (χ0n) is 40.9. The van der Waals surface area contributed by atoms with Crippen LogP contribution in [0.5, 0.6) is 0 Å². The summed E-state index contributed by atoms with van der Waals surface area (Å²) in [7, 11) is 0. The number of ether oxygens (including phenoxy) is 5. The Kier molecular flexibility index (Phi) is 18.2. The maximum atomic E-state index is 14.8. The number of aliphatic imine (C=N–C) groups is 1. The molecule has 0 bridgehead atoms. The standard InChI is InChI=1S/C59H55N5O10/c1-43-52(27-28-53(66)61-43)64-40-51-46(24-18-26-50(51)57(64)68)37-48(65)42-73-33-17-5-4-15-31-70-30-14-2-3-16-32-71-35-36-72-34-29-60-54(67)41-63-39-47-23-12-13-25-49(47)55-59(58(63)69,38-44-19-8-6-9-20-44)62-56(74-55)45-21-10-7-11-22-45/h6-13,18-26,52,55H,1,27-42H2,(H,60,67)(H,61,66)/t52?,55-,59-/m0/s1. The van der Waals surface area contributed by atoms with Gasteiger partial charge in [0.25, 0.3) is 11.8 Å². The lowest BCUT2D eigenvalue weighted by atomic mass is 9.81. The van der Waals surface area contributed by atoms with Gasteiger partial charge in [0.1, 0.15) is 33.0 Å². The summed E-state index contributed by atoms with van der Waals surface area (Å²) >= 11 is 0. The number of carbonyl (C=O) groups is 5. The highest BCUT2D eigenvalue weighted by atomic mass is 16.5. The summed E-state index contributed by atoms with van der Waals surface area (Å²) in [5.41, 5.74) is 4.80. The Hall–Kier alpha value is -8.28. The third kappa shape index (κ3) is 13.4. The normalized spacial score (nSPS) is 18.2. The Bertz CT molecular complexity index is 3040. The van der Waals surface area contributed by atoms with Gasteiger partial charge in [0, 0.05) is 61.3 Å². The topological polar surface area (TPSA) is 174 Å². The van der Waals surface area contributed by atoms with E-state index in [0.717, 1.165) is 33.4 Å². The van der Waals surface area contributed by atoms with Crippen LogP contribution < -0.4 is 10.6 Å². The molecule has 4 amide bonds. The molecule has 0 spiro atoms. The maximum absolute atomic E-state index is 14.8. The van der Waals surface area contributed by atoms with Crippen molar-refractivity contribution in [2.45, 2.75) is 56.5 Å². The highest BCUT2D eigenvalue weighted by Crippen LogP contribution is 2.46. The van der Waals surface area contributed by atoms with Crippen molar-refractivity contribution in [3.05, 3.63) is 154 Å². The van der Waals surface area contributed by atoms with Crippen molar-refractivity contribution in [3.8, 4) is 47.4 Å². The second-order valence-electron chi connectivity index (χ2n) is 17.7. The van der Waals surface area contributed by atoms with E-state index in [-0.39, 0.29) is 101 Å². The summed E-state index contributed by atoms with van der Waals surface area (Å²) in [6, 6.07) is 32.2. The summed E-state index contributed by atoms with van der Waals surface area (Å²) in [6.45, 7) is 5.78. The fourth-order valence-corrected chi connectivity index (χ4v) is 9.13. The van der Waals surface area contributed by atoms with E-state index >= 15 is 0 Å². The molecule has 74 heavy (non-hydrogen) atoms. The van der Waals surface area contributed by atoms with Gasteiger partial charge < -0.3 is 44.1 Å². The van der Waals surface area contributed by atoms with E-state index in [1.54, 1.807) is 21.9 Å². The number of rotatable bonds is 20. The zero-order valence-corrected chi connectivity index (χ0v) is 40.9. The SMILES string of the molecule is C=C1NC(=O)CCC1N1Cc2c(CC(=O)COCC#CC#CCOCC#CC#CCOCCOCCNC(=O)CN3Cc4ccccc4[C@@H]4OC(c5ccccc5)=N[C@]4(Cc4ccccc4)C3=O)cccc2C1=O. The molecule has 15 heteroatoms. The number of hydrogen-bond donors (Lipinski definition) is 2. The van der Waals surface area contributed by atoms with E-state index in [9.17, 15) is 24.0 Å². The van der Waals surface area contributed by atoms with Gasteiger partial charge >= 0.3 is 0 Å². The molecule has 1 saturated heterocycles. The number of benzene rings is 4. The molecule has 15 nitrogen and oxygen atoms in total. The molecule has 4 aromatic rings. The average molecular weight is 994 g/mol. The lowest BCUT2D eigenvalue weighted by Crippen LogP contribution is -2.52. The van der Waals surface area contributed by atoms with E-state index in [0.29, 0.717) is 56.2 Å². The first kappa shape index (κ1) is 52.1. The maximum Gasteiger partial charge on any atom is 0.256 e. The molecule has 0 aromatic heterocycles. The fraction of sp³-hybridized carbons (Fsp3) is 0.322. The van der Waals surface area contributed by atoms with Crippen molar-refractivity contribution < 1.29 is 47.7 Å². The Labute approximate surface area is 431 Å². The number of nitrogens with one attached hydrogen (secondary N) is 2. The van der Waals surface area contributed by atoms with Gasteiger partial charge in [-0.25, -0.2) is 4.99 Å². The van der Waals surface area contributed by atoms with Crippen LogP contribution in [0.2, 0.25) is 0 Å². The molecule has 4 heterocycles. The minimum absolute atomic E-state index is 0.0279. The third-order valence-corrected chi connectivity index (χ3v) is 12.6. The minimum atomic E-state index is -1.33. The van der Waals surface area contributed by atoms with Crippen molar-refractivity contribution in [2.24, 2.45) is 4.99 Å². The summed E-state index contributed by atoms with van der Waals surface area (Å²) < 4.78 is 28.5. The van der Waals surface area contributed by atoms with Crippen LogP contribution >= 0.6 is 0 Å². The Morgan fingerprint density at radius 3 is 2.19 bits per heavy atom. The van der Waals surface area contributed by atoms with Gasteiger partial charge in [-0.3, -0.25) is 24.0 Å². The third-order valence-electron chi connectivity index (χ3n) is 12.6. The van der Waals surface area contributed by atoms with Gasteiger partial charge in [0.15, 0.2) is 17.4 Å². The van der Waals surface area contributed by atoms with Crippen molar-refractivity contribution in [2.75, 3.05) is 65.9 Å². The molecule has 2 N–H and O–H groups in total. The van der Waals surface area contributed by atoms with E-state index < -0.39 is 11.6 Å². The van der Waals surface area contributed by atoms with Gasteiger partial charge in [-0.15, -0.1) is 0 Å². The summed E-state index contributed by atoms with van der Waals surface area (Å²) in [4.78, 5) is 74.0. The van der Waals surface area contributed by atoms with E-state index in [1.807, 2.05) is 91.0 Å². The lowest BCUT2D eigenvalue weighted by molar-refractivity contribution is -0.143. The van der Waals surface area contributed by atoms with Crippen LogP contribution in [-0.4, -0.2) is 123 Å². The molecular weight excluding hydrogens is 939 g/mol. The van der Waals surface area contributed by atoms with Gasteiger partial charge in [0.05, 0.1) is 32.4 Å². The van der Waals surface area contributed by atoms with Gasteiger partial charge in [-0.2, -0.15) is 0 Å². The second kappa shape index (κ2) is 25.9. The van der Waals surface area contributed by atoms with Crippen LogP contribution in [0.15, 0.2) is 120 Å². The van der Waals surface area contributed by atoms with Crippen molar-refractivity contribution in [1.82, 2.24) is 20.4 Å². The minimum Gasteiger partial charge on any atom is -0.466 e. The molecule has 0 saturated carbocycles. The highest BCUT2D eigenvalue weighted by molar-refractivity contribution is 6.02. The quantitative estimate of drug-likeness (QED) is 0.0962. The molecule has 8 rings (SSSR count). The van der Waals surface area contributed by atoms with Gasteiger partial charge in [-0.1, -0.05) is 115 Å². The first-order valence-corrected chi connectivity index (χ1v) is 24.3. The van der Waals surface area contributed by atoms with Crippen LogP contribution in [0.25, 0.3) is 0 Å². The van der Waals surface area contributed by atoms with Crippen LogP contribution in [0, 0.1) is 47.4 Å². The van der Waals surface area contributed by atoms with E-state index in [4.69, 9.17) is 28.7 Å². The smallest absolute Gasteiger partial charge is 0.256 e. The molecule has 4 aromatic carbocycles.